The number of pyridine rings is 1. The summed E-state index contributed by atoms with van der Waals surface area (Å²) in [4.78, 5) is 12.3. The molecule has 0 radical (unpaired) electrons. The number of hydrogen-bond donors (Lipinski definition) is 0. The summed E-state index contributed by atoms with van der Waals surface area (Å²) in [7, 11) is -5.14. The Kier molecular flexibility index (Phi) is 7.32. The molecule has 0 aliphatic heterocycles. The van der Waals surface area contributed by atoms with Gasteiger partial charge in [0.1, 0.15) is 10.7 Å². The van der Waals surface area contributed by atoms with Crippen LogP contribution in [0.3, 0.4) is 0 Å². The van der Waals surface area contributed by atoms with Gasteiger partial charge >= 0.3 is 10.1 Å². The van der Waals surface area contributed by atoms with Gasteiger partial charge in [0.2, 0.25) is 34.8 Å². The third kappa shape index (κ3) is 4.80. The summed E-state index contributed by atoms with van der Waals surface area (Å²) < 4.78 is 115. The minimum atomic E-state index is -5.14. The molecule has 4 aromatic carbocycles. The van der Waals surface area contributed by atoms with Crippen molar-refractivity contribution in [3.8, 4) is 22.6 Å². The highest BCUT2D eigenvalue weighted by atomic mass is 35.5. The van der Waals surface area contributed by atoms with Gasteiger partial charge in [-0.1, -0.05) is 23.7 Å². The first kappa shape index (κ1) is 29.2. The predicted molar refractivity (Wildman–Crippen MR) is 143 cm³/mol. The van der Waals surface area contributed by atoms with Crippen molar-refractivity contribution in [3.63, 3.8) is 0 Å². The van der Waals surface area contributed by atoms with Crippen LogP contribution in [0, 0.1) is 48.8 Å². The van der Waals surface area contributed by atoms with Gasteiger partial charge in [-0.05, 0) is 67.4 Å². The zero-order valence-electron chi connectivity index (χ0n) is 21.4. The molecule has 0 aliphatic carbocycles. The van der Waals surface area contributed by atoms with Crippen molar-refractivity contribution in [1.29, 1.82) is 0 Å². The van der Waals surface area contributed by atoms with E-state index in [0.29, 0.717) is 16.1 Å². The van der Waals surface area contributed by atoms with Crippen molar-refractivity contribution in [2.45, 2.75) is 18.7 Å². The number of nitrogens with zero attached hydrogens (tertiary/aromatic N) is 1. The van der Waals surface area contributed by atoms with Gasteiger partial charge in [0.05, 0.1) is 11.2 Å². The molecule has 5 aromatic rings. The fraction of sp³-hybridized carbons (Fsp3) is 0.0690. The molecule has 5 rings (SSSR count). The molecule has 0 unspecified atom stereocenters. The Morgan fingerprint density at radius 2 is 1.33 bits per heavy atom. The summed E-state index contributed by atoms with van der Waals surface area (Å²) in [6.07, 6.45) is 0. The van der Waals surface area contributed by atoms with Gasteiger partial charge in [0.15, 0.2) is 0 Å². The molecule has 216 valence electrons. The van der Waals surface area contributed by atoms with E-state index in [2.05, 4.69) is 4.18 Å². The van der Waals surface area contributed by atoms with Crippen LogP contribution in [-0.4, -0.2) is 13.0 Å². The molecule has 5 nitrogen and oxygen atoms in total. The van der Waals surface area contributed by atoms with E-state index in [1.807, 2.05) is 0 Å². The SMILES string of the molecule is Cc1cc(-c2ccc(Cl)cc2)c(F)c(C)c1-n1c(=O)ccc2cc(S(=O)(=O)Oc3c(F)c(F)c(F)c(F)c3F)ccc21. The van der Waals surface area contributed by atoms with Crippen molar-refractivity contribution in [3.05, 3.63) is 122 Å². The Morgan fingerprint density at radius 1 is 0.738 bits per heavy atom. The molecule has 42 heavy (non-hydrogen) atoms. The number of fused-ring (bicyclic) bond motifs is 1. The van der Waals surface area contributed by atoms with Crippen molar-refractivity contribution in [2.24, 2.45) is 0 Å². The summed E-state index contributed by atoms with van der Waals surface area (Å²) in [6.45, 7) is 3.13. The number of rotatable bonds is 5. The van der Waals surface area contributed by atoms with Crippen molar-refractivity contribution >= 4 is 32.6 Å². The van der Waals surface area contributed by atoms with E-state index < -0.39 is 61.2 Å². The van der Waals surface area contributed by atoms with Gasteiger partial charge in [0.25, 0.3) is 5.56 Å². The number of hydrogen-bond acceptors (Lipinski definition) is 4. The van der Waals surface area contributed by atoms with E-state index >= 15 is 4.39 Å². The van der Waals surface area contributed by atoms with Crippen LogP contribution in [0.4, 0.5) is 26.3 Å². The van der Waals surface area contributed by atoms with Gasteiger partial charge < -0.3 is 4.18 Å². The highest BCUT2D eigenvalue weighted by Crippen LogP contribution is 2.34. The second-order valence-corrected chi connectivity index (χ2v) is 11.2. The zero-order valence-corrected chi connectivity index (χ0v) is 23.0. The second kappa shape index (κ2) is 10.5. The zero-order chi connectivity index (χ0) is 30.7. The van der Waals surface area contributed by atoms with Crippen LogP contribution in [0.15, 0.2) is 70.4 Å². The minimum absolute atomic E-state index is 0.0951. The Hall–Kier alpha value is -4.29. The molecule has 0 N–H and O–H groups in total. The Labute approximate surface area is 239 Å². The Balaban J connectivity index is 1.63. The van der Waals surface area contributed by atoms with Crippen LogP contribution >= 0.6 is 11.6 Å². The van der Waals surface area contributed by atoms with Crippen molar-refractivity contribution in [2.75, 3.05) is 0 Å². The molecule has 0 atom stereocenters. The van der Waals surface area contributed by atoms with Gasteiger partial charge in [-0.25, -0.2) is 17.6 Å². The molecule has 0 saturated heterocycles. The number of halogens is 7. The molecular formula is C29H16ClF6NO4S. The maximum absolute atomic E-state index is 15.6. The van der Waals surface area contributed by atoms with Crippen LogP contribution in [0.2, 0.25) is 5.02 Å². The second-order valence-electron chi connectivity index (χ2n) is 9.20. The highest BCUT2D eigenvalue weighted by Gasteiger charge is 2.31. The largest absolute Gasteiger partial charge is 0.372 e. The summed E-state index contributed by atoms with van der Waals surface area (Å²) >= 11 is 5.94. The normalized spacial score (nSPS) is 11.7. The number of benzene rings is 4. The van der Waals surface area contributed by atoms with Gasteiger partial charge in [0, 0.05) is 27.6 Å². The smallest absolute Gasteiger partial charge is 0.339 e. The molecule has 0 spiro atoms. The molecule has 0 bridgehead atoms. The van der Waals surface area contributed by atoms with E-state index in [0.717, 1.165) is 28.8 Å². The van der Waals surface area contributed by atoms with Crippen molar-refractivity contribution in [1.82, 2.24) is 4.57 Å². The first-order chi connectivity index (χ1) is 19.7. The number of aromatic nitrogens is 1. The lowest BCUT2D eigenvalue weighted by Crippen LogP contribution is -2.20. The highest BCUT2D eigenvalue weighted by molar-refractivity contribution is 7.87. The summed E-state index contributed by atoms with van der Waals surface area (Å²) in [5, 5.41) is 0.559. The first-order valence-corrected chi connectivity index (χ1v) is 13.7. The van der Waals surface area contributed by atoms with E-state index in [1.165, 1.54) is 13.0 Å². The monoisotopic (exact) mass is 623 g/mol. The van der Waals surface area contributed by atoms with Gasteiger partial charge in [-0.3, -0.25) is 9.36 Å². The molecule has 0 amide bonds. The Morgan fingerprint density at radius 3 is 1.95 bits per heavy atom. The van der Waals surface area contributed by atoms with Crippen LogP contribution in [0.1, 0.15) is 11.1 Å². The lowest BCUT2D eigenvalue weighted by atomic mass is 9.97. The average molecular weight is 624 g/mol. The third-order valence-corrected chi connectivity index (χ3v) is 8.02. The number of aryl methyl sites for hydroxylation is 1. The van der Waals surface area contributed by atoms with E-state index in [4.69, 9.17) is 11.6 Å². The maximum atomic E-state index is 15.6. The summed E-state index contributed by atoms with van der Waals surface area (Å²) in [5.74, 6) is -14.8. The van der Waals surface area contributed by atoms with E-state index in [9.17, 15) is 35.2 Å². The fourth-order valence-electron chi connectivity index (χ4n) is 4.56. The van der Waals surface area contributed by atoms with Crippen LogP contribution in [0.5, 0.6) is 5.75 Å². The lowest BCUT2D eigenvalue weighted by molar-refractivity contribution is 0.346. The maximum Gasteiger partial charge on any atom is 0.339 e. The van der Waals surface area contributed by atoms with Gasteiger partial charge in [-0.15, -0.1) is 0 Å². The first-order valence-electron chi connectivity index (χ1n) is 11.9. The van der Waals surface area contributed by atoms with Crippen LogP contribution in [0.25, 0.3) is 27.7 Å². The Bertz CT molecular complexity index is 2070. The quantitative estimate of drug-likeness (QED) is 0.0879. The summed E-state index contributed by atoms with van der Waals surface area (Å²) in [6, 6.07) is 13.4. The molecule has 13 heteroatoms. The van der Waals surface area contributed by atoms with Crippen LogP contribution < -0.4 is 9.74 Å². The lowest BCUT2D eigenvalue weighted by Gasteiger charge is -2.19. The molecule has 1 aromatic heterocycles. The fourth-order valence-corrected chi connectivity index (χ4v) is 5.65. The third-order valence-electron chi connectivity index (χ3n) is 6.55. The molecular weight excluding hydrogens is 608 g/mol. The molecule has 1 heterocycles. The molecule has 0 aliphatic rings. The average Bonchev–Trinajstić information content (AvgIpc) is 2.96. The molecule has 0 fully saturated rings. The summed E-state index contributed by atoms with van der Waals surface area (Å²) in [5.41, 5.74) is 1.15. The van der Waals surface area contributed by atoms with Crippen molar-refractivity contribution < 1.29 is 38.9 Å². The topological polar surface area (TPSA) is 65.4 Å². The predicted octanol–water partition coefficient (Wildman–Crippen LogP) is 7.53. The van der Waals surface area contributed by atoms with E-state index in [-0.39, 0.29) is 27.7 Å². The van der Waals surface area contributed by atoms with E-state index in [1.54, 1.807) is 37.3 Å². The van der Waals surface area contributed by atoms with Gasteiger partial charge in [-0.2, -0.15) is 17.2 Å². The standard InChI is InChI=1S/C29H16ClF6NO4S/c1-13-11-19(15-3-6-17(30)7-4-15)22(31)14(2)28(13)37-20-9-8-18(12-16(20)5-10-21(37)38)42(39,40)41-29-26(35)24(33)23(32)25(34)27(29)36/h3-12H,1-2H3. The molecule has 0 saturated carbocycles. The van der Waals surface area contributed by atoms with Crippen LogP contribution in [-0.2, 0) is 10.1 Å². The minimum Gasteiger partial charge on any atom is -0.372 e.